The van der Waals surface area contributed by atoms with Gasteiger partial charge < -0.3 is 16.0 Å². The van der Waals surface area contributed by atoms with Crippen molar-refractivity contribution in [1.29, 1.82) is 0 Å². The normalized spacial score (nSPS) is 11.4. The van der Waals surface area contributed by atoms with Crippen LogP contribution in [0.3, 0.4) is 0 Å². The summed E-state index contributed by atoms with van der Waals surface area (Å²) in [4.78, 5) is 7.16. The van der Waals surface area contributed by atoms with Crippen LogP contribution in [0, 0.1) is 0 Å². The van der Waals surface area contributed by atoms with Gasteiger partial charge in [-0.25, -0.2) is 13.4 Å². The van der Waals surface area contributed by atoms with Crippen molar-refractivity contribution in [1.82, 2.24) is 9.97 Å². The second-order valence-electron chi connectivity index (χ2n) is 4.27. The van der Waals surface area contributed by atoms with E-state index in [9.17, 15) is 8.42 Å². The molecule has 0 saturated carbocycles. The Morgan fingerprint density at radius 1 is 1.42 bits per heavy atom. The van der Waals surface area contributed by atoms with Crippen LogP contribution in [0.25, 0.3) is 0 Å². The summed E-state index contributed by atoms with van der Waals surface area (Å²) in [5.41, 5.74) is 8.01. The maximum Gasteiger partial charge on any atom is 0.175 e. The lowest BCUT2D eigenvalue weighted by atomic mass is 10.2. The highest BCUT2D eigenvalue weighted by Crippen LogP contribution is 2.22. The zero-order valence-electron chi connectivity index (χ0n) is 10.6. The number of sulfone groups is 1. The third kappa shape index (κ3) is 3.47. The molecule has 1 aromatic heterocycles. The summed E-state index contributed by atoms with van der Waals surface area (Å²) in [5, 5.41) is 3.16. The summed E-state index contributed by atoms with van der Waals surface area (Å²) >= 11 is 0. The highest BCUT2D eigenvalue weighted by Gasteiger charge is 2.09. The van der Waals surface area contributed by atoms with E-state index in [1.165, 1.54) is 6.07 Å². The zero-order chi connectivity index (χ0) is 13.9. The van der Waals surface area contributed by atoms with E-state index in [1.807, 2.05) is 0 Å². The van der Waals surface area contributed by atoms with Crippen LogP contribution in [-0.4, -0.2) is 31.2 Å². The Balaban J connectivity index is 2.01. The molecule has 0 fully saturated rings. The lowest BCUT2D eigenvalue weighted by molar-refractivity contribution is 0.602. The molecule has 0 amide bonds. The standard InChI is InChI=1S/C12H16N4O2S/c1-19(17,18)10-2-3-12(11(13)6-10)15-5-4-9-7-14-8-16-9/h2-3,6-8,15H,4-5,13H2,1H3,(H,14,16). The van der Waals surface area contributed by atoms with Crippen molar-refractivity contribution in [2.45, 2.75) is 11.3 Å². The molecule has 6 nitrogen and oxygen atoms in total. The fourth-order valence-corrected chi connectivity index (χ4v) is 2.34. The monoisotopic (exact) mass is 280 g/mol. The predicted octanol–water partition coefficient (Wildman–Crippen LogP) is 1.05. The Bertz CT molecular complexity index is 650. The molecule has 2 rings (SSSR count). The van der Waals surface area contributed by atoms with Crippen LogP contribution in [0.5, 0.6) is 0 Å². The summed E-state index contributed by atoms with van der Waals surface area (Å²) in [6.45, 7) is 0.685. The molecule has 0 radical (unpaired) electrons. The molecule has 0 aliphatic carbocycles. The fraction of sp³-hybridized carbons (Fsp3) is 0.250. The van der Waals surface area contributed by atoms with Gasteiger partial charge in [0.05, 0.1) is 22.6 Å². The van der Waals surface area contributed by atoms with Crippen LogP contribution in [0.15, 0.2) is 35.6 Å². The number of nitrogens with one attached hydrogen (secondary N) is 2. The van der Waals surface area contributed by atoms with Crippen molar-refractivity contribution in [2.75, 3.05) is 23.9 Å². The third-order valence-corrected chi connectivity index (χ3v) is 3.83. The maximum atomic E-state index is 11.4. The first-order valence-corrected chi connectivity index (χ1v) is 7.66. The number of hydrogen-bond donors (Lipinski definition) is 3. The van der Waals surface area contributed by atoms with Gasteiger partial charge in [0.2, 0.25) is 0 Å². The molecule has 1 heterocycles. The summed E-state index contributed by atoms with van der Waals surface area (Å²) in [6, 6.07) is 4.69. The minimum absolute atomic E-state index is 0.226. The van der Waals surface area contributed by atoms with Crippen molar-refractivity contribution in [3.05, 3.63) is 36.4 Å². The van der Waals surface area contributed by atoms with Crippen LogP contribution in [-0.2, 0) is 16.3 Å². The van der Waals surface area contributed by atoms with Crippen LogP contribution < -0.4 is 11.1 Å². The predicted molar refractivity (Wildman–Crippen MR) is 74.7 cm³/mol. The number of imidazole rings is 1. The number of aromatic amines is 1. The van der Waals surface area contributed by atoms with Gasteiger partial charge in [-0.05, 0) is 18.2 Å². The Morgan fingerprint density at radius 3 is 2.79 bits per heavy atom. The Kier molecular flexibility index (Phi) is 3.75. The molecule has 1 aromatic carbocycles. The number of nitrogens with two attached hydrogens (primary N) is 1. The lowest BCUT2D eigenvalue weighted by Crippen LogP contribution is -2.08. The summed E-state index contributed by atoms with van der Waals surface area (Å²) in [5.74, 6) is 0. The number of anilines is 2. The first-order valence-electron chi connectivity index (χ1n) is 5.77. The van der Waals surface area contributed by atoms with Gasteiger partial charge >= 0.3 is 0 Å². The Morgan fingerprint density at radius 2 is 2.21 bits per heavy atom. The van der Waals surface area contributed by atoms with Gasteiger partial charge in [0.25, 0.3) is 0 Å². The molecule has 0 atom stereocenters. The molecule has 4 N–H and O–H groups in total. The molecule has 0 aliphatic rings. The van der Waals surface area contributed by atoms with E-state index in [2.05, 4.69) is 15.3 Å². The number of aromatic nitrogens is 2. The van der Waals surface area contributed by atoms with E-state index in [0.717, 1.165) is 24.1 Å². The molecule has 2 aromatic rings. The minimum Gasteiger partial charge on any atom is -0.397 e. The molecule has 19 heavy (non-hydrogen) atoms. The van der Waals surface area contributed by atoms with Crippen LogP contribution in [0.4, 0.5) is 11.4 Å². The van der Waals surface area contributed by atoms with Crippen LogP contribution in [0.2, 0.25) is 0 Å². The Hall–Kier alpha value is -2.02. The molecule has 0 unspecified atom stereocenters. The van der Waals surface area contributed by atoms with Crippen molar-refractivity contribution < 1.29 is 8.42 Å². The number of rotatable bonds is 5. The zero-order valence-corrected chi connectivity index (χ0v) is 11.4. The maximum absolute atomic E-state index is 11.4. The quantitative estimate of drug-likeness (QED) is 0.711. The summed E-state index contributed by atoms with van der Waals surface area (Å²) in [6.07, 6.45) is 5.34. The highest BCUT2D eigenvalue weighted by atomic mass is 32.2. The van der Waals surface area contributed by atoms with Gasteiger partial charge in [-0.3, -0.25) is 0 Å². The van der Waals surface area contributed by atoms with Crippen molar-refractivity contribution in [3.63, 3.8) is 0 Å². The van der Waals surface area contributed by atoms with Crippen molar-refractivity contribution >= 4 is 21.2 Å². The molecule has 0 aliphatic heterocycles. The van der Waals surface area contributed by atoms with Gasteiger partial charge in [0.15, 0.2) is 9.84 Å². The van der Waals surface area contributed by atoms with E-state index in [-0.39, 0.29) is 4.90 Å². The first kappa shape index (κ1) is 13.4. The number of H-pyrrole nitrogens is 1. The van der Waals surface area contributed by atoms with E-state index in [0.29, 0.717) is 12.2 Å². The average molecular weight is 280 g/mol. The van der Waals surface area contributed by atoms with Crippen LogP contribution >= 0.6 is 0 Å². The first-order chi connectivity index (χ1) is 8.97. The van der Waals surface area contributed by atoms with Gasteiger partial charge in [-0.1, -0.05) is 0 Å². The molecule has 102 valence electrons. The molecular weight excluding hydrogens is 264 g/mol. The topological polar surface area (TPSA) is 101 Å². The van der Waals surface area contributed by atoms with Crippen molar-refractivity contribution in [2.24, 2.45) is 0 Å². The van der Waals surface area contributed by atoms with E-state index in [4.69, 9.17) is 5.73 Å². The van der Waals surface area contributed by atoms with Gasteiger partial charge in [0.1, 0.15) is 0 Å². The summed E-state index contributed by atoms with van der Waals surface area (Å²) < 4.78 is 22.8. The second-order valence-corrected chi connectivity index (χ2v) is 6.29. The van der Waals surface area contributed by atoms with E-state index < -0.39 is 9.84 Å². The fourth-order valence-electron chi connectivity index (χ4n) is 1.69. The molecular formula is C12H16N4O2S. The minimum atomic E-state index is -3.22. The SMILES string of the molecule is CS(=O)(=O)c1ccc(NCCc2cnc[nH]2)c(N)c1. The van der Waals surface area contributed by atoms with E-state index in [1.54, 1.807) is 24.7 Å². The van der Waals surface area contributed by atoms with Crippen LogP contribution in [0.1, 0.15) is 5.69 Å². The van der Waals surface area contributed by atoms with Gasteiger partial charge in [-0.2, -0.15) is 0 Å². The van der Waals surface area contributed by atoms with Gasteiger partial charge in [0, 0.05) is 31.1 Å². The largest absolute Gasteiger partial charge is 0.397 e. The number of benzene rings is 1. The van der Waals surface area contributed by atoms with E-state index >= 15 is 0 Å². The summed E-state index contributed by atoms with van der Waals surface area (Å²) in [7, 11) is -3.22. The highest BCUT2D eigenvalue weighted by molar-refractivity contribution is 7.90. The number of nitrogen functional groups attached to an aromatic ring is 1. The second kappa shape index (κ2) is 5.31. The lowest BCUT2D eigenvalue weighted by Gasteiger charge is -2.10. The van der Waals surface area contributed by atoms with Crippen molar-refractivity contribution in [3.8, 4) is 0 Å². The number of hydrogen-bond acceptors (Lipinski definition) is 5. The molecule has 0 bridgehead atoms. The smallest absolute Gasteiger partial charge is 0.175 e. The Labute approximate surface area is 112 Å². The number of nitrogens with zero attached hydrogens (tertiary/aromatic N) is 1. The van der Waals surface area contributed by atoms with Gasteiger partial charge in [-0.15, -0.1) is 0 Å². The average Bonchev–Trinajstić information content (AvgIpc) is 2.83. The third-order valence-electron chi connectivity index (χ3n) is 2.72. The molecule has 0 spiro atoms. The molecule has 7 heteroatoms. The molecule has 0 saturated heterocycles.